The van der Waals surface area contributed by atoms with Crippen LogP contribution in [-0.4, -0.2) is 46.7 Å². The number of fused-ring (bicyclic) bond motifs is 1. The molecule has 1 aliphatic heterocycles. The van der Waals surface area contributed by atoms with Gasteiger partial charge >= 0.3 is 0 Å². The Hall–Kier alpha value is -2.15. The molecule has 1 amide bonds. The smallest absolute Gasteiger partial charge is 0.254 e. The molecule has 3 heterocycles. The van der Waals surface area contributed by atoms with E-state index in [4.69, 9.17) is 5.73 Å². The number of aromatic nitrogens is 3. The topological polar surface area (TPSA) is 88.5 Å². The first kappa shape index (κ1) is 11.0. The van der Waals surface area contributed by atoms with Gasteiger partial charge in [-0.05, 0) is 6.07 Å². The van der Waals surface area contributed by atoms with Gasteiger partial charge in [-0.15, -0.1) is 0 Å². The van der Waals surface area contributed by atoms with Gasteiger partial charge in [0.05, 0.1) is 6.20 Å². The minimum absolute atomic E-state index is 0.354. The number of nitrogens with two attached hydrogens (primary N) is 1. The van der Waals surface area contributed by atoms with E-state index < -0.39 is 5.91 Å². The van der Waals surface area contributed by atoms with Crippen molar-refractivity contribution in [3.8, 4) is 0 Å². The zero-order valence-corrected chi connectivity index (χ0v) is 9.83. The maximum atomic E-state index is 11.3. The summed E-state index contributed by atoms with van der Waals surface area (Å²) in [5, 5.41) is 7.33. The molecule has 2 aromatic rings. The highest BCUT2D eigenvalue weighted by molar-refractivity contribution is 5.98. The maximum absolute atomic E-state index is 11.3. The minimum atomic E-state index is -0.505. The molecule has 0 saturated carbocycles. The van der Waals surface area contributed by atoms with Gasteiger partial charge in [0.25, 0.3) is 5.91 Å². The van der Waals surface area contributed by atoms with E-state index in [2.05, 4.69) is 20.3 Å². The van der Waals surface area contributed by atoms with Crippen LogP contribution < -0.4 is 16.0 Å². The molecule has 7 heteroatoms. The summed E-state index contributed by atoms with van der Waals surface area (Å²) in [6.07, 6.45) is 3.25. The zero-order chi connectivity index (χ0) is 12.5. The lowest BCUT2D eigenvalue weighted by Crippen LogP contribution is -2.43. The number of nitrogens with zero attached hydrogens (tertiary/aromatic N) is 4. The number of nitrogens with one attached hydrogen (secondary N) is 1. The van der Waals surface area contributed by atoms with Crippen molar-refractivity contribution in [3.05, 3.63) is 24.0 Å². The van der Waals surface area contributed by atoms with Crippen molar-refractivity contribution >= 4 is 17.4 Å². The second-order valence-corrected chi connectivity index (χ2v) is 4.21. The lowest BCUT2D eigenvalue weighted by Gasteiger charge is -2.28. The molecule has 0 bridgehead atoms. The van der Waals surface area contributed by atoms with Crippen LogP contribution in [0.3, 0.4) is 0 Å². The highest BCUT2D eigenvalue weighted by atomic mass is 16.1. The Balaban J connectivity index is 2.03. The standard InChI is InChI=1S/C11H14N6O/c12-10(18)8-7-14-17-4-1-9(15-11(8)17)16-5-2-13-3-6-16/h1,4,7,13H,2-3,5-6H2,(H2,12,18). The Kier molecular flexibility index (Phi) is 2.60. The zero-order valence-electron chi connectivity index (χ0n) is 9.83. The first-order valence-corrected chi connectivity index (χ1v) is 5.85. The number of hydrogen-bond acceptors (Lipinski definition) is 5. The summed E-state index contributed by atoms with van der Waals surface area (Å²) in [6.45, 7) is 3.69. The van der Waals surface area contributed by atoms with Crippen LogP contribution in [0.5, 0.6) is 0 Å². The van der Waals surface area contributed by atoms with Crippen LogP contribution in [0.1, 0.15) is 10.4 Å². The highest BCUT2D eigenvalue weighted by Crippen LogP contribution is 2.15. The Morgan fingerprint density at radius 3 is 2.89 bits per heavy atom. The van der Waals surface area contributed by atoms with Crippen molar-refractivity contribution in [2.24, 2.45) is 5.73 Å². The lowest BCUT2D eigenvalue weighted by atomic mass is 10.3. The molecule has 0 radical (unpaired) electrons. The van der Waals surface area contributed by atoms with E-state index >= 15 is 0 Å². The van der Waals surface area contributed by atoms with Crippen LogP contribution in [-0.2, 0) is 0 Å². The fourth-order valence-corrected chi connectivity index (χ4v) is 2.10. The van der Waals surface area contributed by atoms with E-state index in [1.165, 1.54) is 6.20 Å². The van der Waals surface area contributed by atoms with E-state index in [1.807, 2.05) is 6.07 Å². The molecule has 0 aliphatic carbocycles. The SMILES string of the molecule is NC(=O)c1cnn2ccc(N3CCNCC3)nc12. The molecule has 0 spiro atoms. The second-order valence-electron chi connectivity index (χ2n) is 4.21. The Bertz CT molecular complexity index is 586. The van der Waals surface area contributed by atoms with E-state index in [0.717, 1.165) is 32.0 Å². The normalized spacial score (nSPS) is 16.1. The average molecular weight is 246 g/mol. The maximum Gasteiger partial charge on any atom is 0.254 e. The predicted molar refractivity (Wildman–Crippen MR) is 66.6 cm³/mol. The summed E-state index contributed by atoms with van der Waals surface area (Å²) in [5.74, 6) is 0.349. The number of primary amides is 1. The third kappa shape index (κ3) is 1.78. The number of carbonyl (C=O) groups is 1. The van der Waals surface area contributed by atoms with Crippen molar-refractivity contribution in [2.45, 2.75) is 0 Å². The Morgan fingerprint density at radius 2 is 2.17 bits per heavy atom. The van der Waals surface area contributed by atoms with Gasteiger partial charge in [-0.25, -0.2) is 9.50 Å². The van der Waals surface area contributed by atoms with Crippen molar-refractivity contribution < 1.29 is 4.79 Å². The van der Waals surface area contributed by atoms with Crippen LogP contribution >= 0.6 is 0 Å². The number of carbonyl (C=O) groups excluding carboxylic acids is 1. The average Bonchev–Trinajstić information content (AvgIpc) is 2.82. The molecule has 3 N–H and O–H groups in total. The molecular weight excluding hydrogens is 232 g/mol. The van der Waals surface area contributed by atoms with Crippen molar-refractivity contribution in [1.82, 2.24) is 19.9 Å². The Labute approximate surface area is 104 Å². The lowest BCUT2D eigenvalue weighted by molar-refractivity contribution is 0.100. The predicted octanol–water partition coefficient (Wildman–Crippen LogP) is -0.762. The van der Waals surface area contributed by atoms with Gasteiger partial charge < -0.3 is 16.0 Å². The van der Waals surface area contributed by atoms with Gasteiger partial charge in [-0.2, -0.15) is 5.10 Å². The third-order valence-corrected chi connectivity index (χ3v) is 3.06. The molecule has 7 nitrogen and oxygen atoms in total. The number of rotatable bonds is 2. The van der Waals surface area contributed by atoms with E-state index in [1.54, 1.807) is 10.7 Å². The van der Waals surface area contributed by atoms with Crippen LogP contribution in [0, 0.1) is 0 Å². The van der Waals surface area contributed by atoms with E-state index in [-0.39, 0.29) is 0 Å². The summed E-state index contributed by atoms with van der Waals surface area (Å²) in [4.78, 5) is 17.9. The molecule has 1 saturated heterocycles. The van der Waals surface area contributed by atoms with Crippen LogP contribution in [0.15, 0.2) is 18.5 Å². The molecule has 2 aromatic heterocycles. The van der Waals surface area contributed by atoms with Crippen LogP contribution in [0.4, 0.5) is 5.82 Å². The summed E-state index contributed by atoms with van der Waals surface area (Å²) in [7, 11) is 0. The van der Waals surface area contributed by atoms with Crippen molar-refractivity contribution in [1.29, 1.82) is 0 Å². The first-order chi connectivity index (χ1) is 8.75. The first-order valence-electron chi connectivity index (χ1n) is 5.85. The van der Waals surface area contributed by atoms with Crippen LogP contribution in [0.25, 0.3) is 5.65 Å². The van der Waals surface area contributed by atoms with E-state index in [0.29, 0.717) is 11.2 Å². The molecule has 0 aromatic carbocycles. The summed E-state index contributed by atoms with van der Waals surface area (Å²) in [5.41, 5.74) is 6.16. The summed E-state index contributed by atoms with van der Waals surface area (Å²) in [6, 6.07) is 1.90. The molecular formula is C11H14N6O. The third-order valence-electron chi connectivity index (χ3n) is 3.06. The van der Waals surface area contributed by atoms with Crippen molar-refractivity contribution in [3.63, 3.8) is 0 Å². The largest absolute Gasteiger partial charge is 0.365 e. The molecule has 0 atom stereocenters. The summed E-state index contributed by atoms with van der Waals surface area (Å²) < 4.78 is 1.56. The quantitative estimate of drug-likeness (QED) is 0.727. The highest BCUT2D eigenvalue weighted by Gasteiger charge is 2.15. The molecule has 1 aliphatic rings. The van der Waals surface area contributed by atoms with E-state index in [9.17, 15) is 4.79 Å². The number of piperazine rings is 1. The fraction of sp³-hybridized carbons (Fsp3) is 0.364. The van der Waals surface area contributed by atoms with Gasteiger partial charge in [-0.1, -0.05) is 0 Å². The molecule has 1 fully saturated rings. The molecule has 94 valence electrons. The number of anilines is 1. The van der Waals surface area contributed by atoms with Crippen LogP contribution in [0.2, 0.25) is 0 Å². The monoisotopic (exact) mass is 246 g/mol. The van der Waals surface area contributed by atoms with Gasteiger partial charge in [-0.3, -0.25) is 4.79 Å². The Morgan fingerprint density at radius 1 is 1.39 bits per heavy atom. The molecule has 0 unspecified atom stereocenters. The van der Waals surface area contributed by atoms with Crippen molar-refractivity contribution in [2.75, 3.05) is 31.1 Å². The van der Waals surface area contributed by atoms with Gasteiger partial charge in [0, 0.05) is 32.4 Å². The molecule has 3 rings (SSSR count). The summed E-state index contributed by atoms with van der Waals surface area (Å²) >= 11 is 0. The molecule has 18 heavy (non-hydrogen) atoms. The minimum Gasteiger partial charge on any atom is -0.365 e. The van der Waals surface area contributed by atoms with Gasteiger partial charge in [0.2, 0.25) is 0 Å². The van der Waals surface area contributed by atoms with Gasteiger partial charge in [0.15, 0.2) is 5.65 Å². The van der Waals surface area contributed by atoms with Gasteiger partial charge in [0.1, 0.15) is 11.4 Å². The fourth-order valence-electron chi connectivity index (χ4n) is 2.10. The second kappa shape index (κ2) is 4.26. The number of hydrogen-bond donors (Lipinski definition) is 2. The number of amides is 1.